The van der Waals surface area contributed by atoms with Crippen molar-refractivity contribution in [3.05, 3.63) is 34.5 Å². The molecule has 0 bridgehead atoms. The first kappa shape index (κ1) is 20.3. The summed E-state index contributed by atoms with van der Waals surface area (Å²) in [5.41, 5.74) is -1.43. The molecule has 1 aliphatic carbocycles. The molecule has 2 aromatic rings. The molecule has 3 rings (SSSR count). The Morgan fingerprint density at radius 2 is 1.86 bits per heavy atom. The number of aryl methyl sites for hydroxylation is 1. The molecule has 0 fully saturated rings. The van der Waals surface area contributed by atoms with Crippen LogP contribution in [0.1, 0.15) is 46.9 Å². The lowest BCUT2D eigenvalue weighted by molar-refractivity contribution is -0.141. The zero-order valence-electron chi connectivity index (χ0n) is 14.7. The van der Waals surface area contributed by atoms with Crippen LogP contribution in [-0.2, 0) is 34.2 Å². The SMILES string of the molecule is CCOC(=O)c1ccc2nc(C(F)(F)F)c3c(c2c1OS(=O)(=O)O)CCCC3. The molecular weight excluding hydrogens is 403 g/mol. The number of esters is 1. The Balaban J connectivity index is 2.41. The molecule has 0 spiro atoms. The minimum atomic E-state index is -5.06. The lowest BCUT2D eigenvalue weighted by atomic mass is 9.87. The van der Waals surface area contributed by atoms with Gasteiger partial charge in [0.2, 0.25) is 0 Å². The van der Waals surface area contributed by atoms with Gasteiger partial charge in [-0.15, -0.1) is 0 Å². The number of aromatic nitrogens is 1. The number of carbonyl (C=O) groups is 1. The van der Waals surface area contributed by atoms with Gasteiger partial charge in [-0.05, 0) is 55.9 Å². The average Bonchev–Trinajstić information content (AvgIpc) is 2.59. The molecule has 11 heteroatoms. The Bertz CT molecular complexity index is 1050. The summed E-state index contributed by atoms with van der Waals surface area (Å²) in [6.45, 7) is 1.51. The molecule has 1 N–H and O–H groups in total. The second-order valence-electron chi connectivity index (χ2n) is 6.19. The summed E-state index contributed by atoms with van der Waals surface area (Å²) in [4.78, 5) is 15.9. The molecule has 7 nitrogen and oxygen atoms in total. The highest BCUT2D eigenvalue weighted by Gasteiger charge is 2.38. The number of rotatable bonds is 4. The van der Waals surface area contributed by atoms with E-state index in [1.807, 2.05) is 0 Å². The molecule has 1 aromatic heterocycles. The van der Waals surface area contributed by atoms with E-state index in [4.69, 9.17) is 9.29 Å². The number of pyridine rings is 1. The number of fused-ring (bicyclic) bond motifs is 3. The van der Waals surface area contributed by atoms with Crippen molar-refractivity contribution in [1.29, 1.82) is 0 Å². The van der Waals surface area contributed by atoms with Gasteiger partial charge < -0.3 is 8.92 Å². The quantitative estimate of drug-likeness (QED) is 0.598. The highest BCUT2D eigenvalue weighted by Crippen LogP contribution is 2.42. The molecule has 0 unspecified atom stereocenters. The molecule has 0 saturated heterocycles. The second kappa shape index (κ2) is 7.21. The molecule has 1 aliphatic rings. The van der Waals surface area contributed by atoms with E-state index < -0.39 is 34.0 Å². The molecular formula is C17H16F3NO6S. The van der Waals surface area contributed by atoms with Gasteiger partial charge in [0, 0.05) is 5.39 Å². The summed E-state index contributed by atoms with van der Waals surface area (Å²) >= 11 is 0. The van der Waals surface area contributed by atoms with Gasteiger partial charge in [0.15, 0.2) is 5.75 Å². The largest absolute Gasteiger partial charge is 0.462 e. The van der Waals surface area contributed by atoms with E-state index in [1.54, 1.807) is 0 Å². The number of hydrogen-bond acceptors (Lipinski definition) is 6. The monoisotopic (exact) mass is 419 g/mol. The topological polar surface area (TPSA) is 103 Å². The lowest BCUT2D eigenvalue weighted by Gasteiger charge is -2.23. The molecule has 0 aliphatic heterocycles. The fraction of sp³-hybridized carbons (Fsp3) is 0.412. The van der Waals surface area contributed by atoms with Crippen LogP contribution in [0.3, 0.4) is 0 Å². The molecule has 0 atom stereocenters. The van der Waals surface area contributed by atoms with Gasteiger partial charge in [-0.1, -0.05) is 0 Å². The van der Waals surface area contributed by atoms with Crippen LogP contribution in [0.4, 0.5) is 13.2 Å². The van der Waals surface area contributed by atoms with Crippen molar-refractivity contribution < 1.29 is 39.9 Å². The summed E-state index contributed by atoms with van der Waals surface area (Å²) in [5, 5.41) is -0.0501. The lowest BCUT2D eigenvalue weighted by Crippen LogP contribution is -2.19. The molecule has 1 aromatic carbocycles. The molecule has 0 amide bonds. The van der Waals surface area contributed by atoms with Crippen LogP contribution in [0, 0.1) is 0 Å². The second-order valence-corrected chi connectivity index (χ2v) is 7.21. The van der Waals surface area contributed by atoms with Crippen molar-refractivity contribution in [3.8, 4) is 5.75 Å². The summed E-state index contributed by atoms with van der Waals surface area (Å²) in [6.07, 6.45) is -3.30. The van der Waals surface area contributed by atoms with Crippen molar-refractivity contribution in [3.63, 3.8) is 0 Å². The molecule has 0 radical (unpaired) electrons. The van der Waals surface area contributed by atoms with Crippen LogP contribution in [-0.4, -0.2) is 30.5 Å². The maximum absolute atomic E-state index is 13.5. The minimum Gasteiger partial charge on any atom is -0.462 e. The highest BCUT2D eigenvalue weighted by molar-refractivity contribution is 7.81. The Labute approximate surface area is 158 Å². The van der Waals surface area contributed by atoms with Gasteiger partial charge >= 0.3 is 22.5 Å². The fourth-order valence-corrected chi connectivity index (χ4v) is 3.77. The predicted octanol–water partition coefficient (Wildman–Crippen LogP) is 3.49. The minimum absolute atomic E-state index is 0.0223. The predicted molar refractivity (Wildman–Crippen MR) is 91.5 cm³/mol. The number of hydrogen-bond donors (Lipinski definition) is 1. The number of halogens is 3. The van der Waals surface area contributed by atoms with Gasteiger partial charge in [0.05, 0.1) is 12.1 Å². The van der Waals surface area contributed by atoms with Crippen LogP contribution in [0.5, 0.6) is 5.75 Å². The Morgan fingerprint density at radius 3 is 2.43 bits per heavy atom. The van der Waals surface area contributed by atoms with E-state index in [2.05, 4.69) is 9.17 Å². The van der Waals surface area contributed by atoms with Gasteiger partial charge in [-0.3, -0.25) is 4.55 Å². The molecule has 152 valence electrons. The van der Waals surface area contributed by atoms with Crippen LogP contribution in [0.2, 0.25) is 0 Å². The van der Waals surface area contributed by atoms with E-state index >= 15 is 0 Å². The Morgan fingerprint density at radius 1 is 1.21 bits per heavy atom. The summed E-state index contributed by atoms with van der Waals surface area (Å²) in [7, 11) is -5.06. The van der Waals surface area contributed by atoms with Crippen molar-refractivity contribution in [1.82, 2.24) is 4.98 Å². The third-order valence-corrected chi connectivity index (χ3v) is 4.75. The van der Waals surface area contributed by atoms with E-state index in [-0.39, 0.29) is 47.0 Å². The van der Waals surface area contributed by atoms with Gasteiger partial charge in [0.25, 0.3) is 0 Å². The number of benzene rings is 1. The highest BCUT2D eigenvalue weighted by atomic mass is 32.3. The van der Waals surface area contributed by atoms with E-state index in [1.165, 1.54) is 13.0 Å². The van der Waals surface area contributed by atoms with Gasteiger partial charge in [-0.25, -0.2) is 9.78 Å². The normalized spacial score (nSPS) is 14.6. The van der Waals surface area contributed by atoms with Crippen LogP contribution < -0.4 is 4.18 Å². The van der Waals surface area contributed by atoms with Crippen molar-refractivity contribution in [2.75, 3.05) is 6.61 Å². The number of carbonyl (C=O) groups excluding carboxylic acids is 1. The third-order valence-electron chi connectivity index (χ3n) is 4.38. The van der Waals surface area contributed by atoms with Gasteiger partial charge in [0.1, 0.15) is 11.3 Å². The molecule has 1 heterocycles. The van der Waals surface area contributed by atoms with E-state index in [0.29, 0.717) is 12.8 Å². The van der Waals surface area contributed by atoms with Gasteiger partial charge in [-0.2, -0.15) is 21.6 Å². The third kappa shape index (κ3) is 3.90. The number of alkyl halides is 3. The maximum Gasteiger partial charge on any atom is 0.446 e. The Hall–Kier alpha value is -2.40. The van der Waals surface area contributed by atoms with Crippen molar-refractivity contribution >= 4 is 27.3 Å². The van der Waals surface area contributed by atoms with Crippen LogP contribution in [0.25, 0.3) is 10.9 Å². The smallest absolute Gasteiger partial charge is 0.446 e. The average molecular weight is 419 g/mol. The first-order valence-corrected chi connectivity index (χ1v) is 9.79. The van der Waals surface area contributed by atoms with Crippen molar-refractivity contribution in [2.45, 2.75) is 38.8 Å². The van der Waals surface area contributed by atoms with Crippen molar-refractivity contribution in [2.24, 2.45) is 0 Å². The first-order valence-electron chi connectivity index (χ1n) is 8.42. The molecule has 0 saturated carbocycles. The zero-order valence-corrected chi connectivity index (χ0v) is 15.5. The Kier molecular flexibility index (Phi) is 5.24. The first-order chi connectivity index (χ1) is 13.0. The number of nitrogens with zero attached hydrogens (tertiary/aromatic N) is 1. The fourth-order valence-electron chi connectivity index (χ4n) is 3.38. The summed E-state index contributed by atoms with van der Waals surface area (Å²) in [5.74, 6) is -1.52. The summed E-state index contributed by atoms with van der Waals surface area (Å²) in [6, 6.07) is 2.23. The van der Waals surface area contributed by atoms with Crippen LogP contribution in [0.15, 0.2) is 12.1 Å². The molecule has 28 heavy (non-hydrogen) atoms. The summed E-state index contributed by atoms with van der Waals surface area (Å²) < 4.78 is 81.8. The van der Waals surface area contributed by atoms with E-state index in [9.17, 15) is 26.4 Å². The standard InChI is InChI=1S/C17H16F3NO6S/c1-2-26-16(22)11-7-8-12-13(14(11)27-28(23,24)25)9-5-3-4-6-10(9)15(21-12)17(18,19)20/h7-8H,2-6H2,1H3,(H,23,24,25). The zero-order chi connectivity index (χ0) is 20.7. The van der Waals surface area contributed by atoms with E-state index in [0.717, 1.165) is 6.07 Å². The number of ether oxygens (including phenoxy) is 1. The maximum atomic E-state index is 13.5. The van der Waals surface area contributed by atoms with Crippen LogP contribution >= 0.6 is 0 Å².